The molecule has 0 aliphatic heterocycles. The molecule has 0 atom stereocenters. The fourth-order valence-electron chi connectivity index (χ4n) is 0.167. The third kappa shape index (κ3) is 1290. The van der Waals surface area contributed by atoms with E-state index in [1.54, 1.807) is 0 Å². The Morgan fingerprint density at radius 3 is 0.360 bits per heavy atom. The van der Waals surface area contributed by atoms with Crippen molar-refractivity contribution in [1.29, 1.82) is 0 Å². The van der Waals surface area contributed by atoms with Gasteiger partial charge in [-0.25, -0.2) is 0 Å². The molecule has 1 rings (SSSR count). The zero-order chi connectivity index (χ0) is 23.0. The molecule has 0 bridgehead atoms. The van der Waals surface area contributed by atoms with Crippen molar-refractivity contribution in [3.05, 3.63) is 0 Å². The van der Waals surface area contributed by atoms with Crippen LogP contribution in [0.4, 0.5) is 0 Å². The average Bonchev–Trinajstić information content (AvgIpc) is 3.59. The number of hydrogen-bond donors (Lipinski definition) is 0. The van der Waals surface area contributed by atoms with Gasteiger partial charge in [0.2, 0.25) is 0 Å². The molecular formula is C25H72. The van der Waals surface area contributed by atoms with Gasteiger partial charge in [-0.3, -0.25) is 0 Å². The van der Waals surface area contributed by atoms with Gasteiger partial charge in [0.1, 0.15) is 0 Å². The van der Waals surface area contributed by atoms with Crippen molar-refractivity contribution in [3.8, 4) is 0 Å². The second-order valence-electron chi connectivity index (χ2n) is 1.68. The molecule has 0 aromatic heterocycles. The molecule has 0 heteroatoms. The molecule has 172 valence electrons. The summed E-state index contributed by atoms with van der Waals surface area (Å²) in [6.07, 6.45) is 2.97. The molecule has 0 heterocycles. The van der Waals surface area contributed by atoms with Crippen LogP contribution in [-0.4, -0.2) is 0 Å². The maximum atomic E-state index is 2.28. The second kappa shape index (κ2) is 508. The maximum absolute atomic E-state index is 2.28. The van der Waals surface area contributed by atoms with Crippen molar-refractivity contribution >= 4 is 0 Å². The molecule has 25 heavy (non-hydrogen) atoms. The predicted octanol–water partition coefficient (Wildman–Crippen LogP) is 12.3. The fraction of sp³-hybridized carbons (Fsp3) is 1.00. The van der Waals surface area contributed by atoms with E-state index in [9.17, 15) is 0 Å². The third-order valence-corrected chi connectivity index (χ3v) is 0.866. The molecule has 0 saturated heterocycles. The van der Waals surface area contributed by atoms with Gasteiger partial charge in [-0.2, -0.15) is 0 Å². The van der Waals surface area contributed by atoms with Crippen LogP contribution in [-0.2, 0) is 0 Å². The summed E-state index contributed by atoms with van der Waals surface area (Å²) in [5, 5.41) is 0. The van der Waals surface area contributed by atoms with E-state index in [-0.39, 0.29) is 7.43 Å². The van der Waals surface area contributed by atoms with Gasteiger partial charge in [0.05, 0.1) is 0 Å². The van der Waals surface area contributed by atoms with E-state index in [2.05, 4.69) is 6.92 Å². The van der Waals surface area contributed by atoms with Gasteiger partial charge in [-0.1, -0.05) is 166 Å². The molecule has 1 saturated carbocycles. The molecular weight excluding hydrogens is 300 g/mol. The van der Waals surface area contributed by atoms with Crippen LogP contribution in [0, 0.1) is 5.92 Å². The predicted molar refractivity (Wildman–Crippen MR) is 139 cm³/mol. The Morgan fingerprint density at radius 2 is 0.360 bits per heavy atom. The van der Waals surface area contributed by atoms with Gasteiger partial charge in [0.25, 0.3) is 0 Å². The van der Waals surface area contributed by atoms with Crippen LogP contribution in [0.25, 0.3) is 0 Å². The Balaban J connectivity index is -0.00000000973. The minimum absolute atomic E-state index is 0. The van der Waals surface area contributed by atoms with Crippen molar-refractivity contribution in [2.45, 2.75) is 166 Å². The van der Waals surface area contributed by atoms with Crippen molar-refractivity contribution in [2.24, 2.45) is 5.92 Å². The summed E-state index contributed by atoms with van der Waals surface area (Å²) >= 11 is 0. The fourth-order valence-corrected chi connectivity index (χ4v) is 0.167. The average molecular weight is 373 g/mol. The zero-order valence-corrected chi connectivity index (χ0v) is 23.0. The summed E-state index contributed by atoms with van der Waals surface area (Å²) in [6, 6.07) is 0. The molecule has 1 aliphatic rings. The monoisotopic (exact) mass is 373 g/mol. The molecule has 0 radical (unpaired) electrons. The van der Waals surface area contributed by atoms with Crippen LogP contribution < -0.4 is 0 Å². The first kappa shape index (κ1) is 73.5. The number of rotatable bonds is 0. The highest BCUT2D eigenvalue weighted by molar-refractivity contribution is 4.65. The Kier molecular flexibility index (Phi) is 1490. The first-order valence-corrected chi connectivity index (χ1v) is 11.9. The summed E-state index contributed by atoms with van der Waals surface area (Å²) in [4.78, 5) is 0. The van der Waals surface area contributed by atoms with Crippen LogP contribution in [0.1, 0.15) is 166 Å². The molecule has 0 amide bonds. The van der Waals surface area contributed by atoms with E-state index in [0.29, 0.717) is 0 Å². The highest BCUT2D eigenvalue weighted by Crippen LogP contribution is 2.26. The van der Waals surface area contributed by atoms with Gasteiger partial charge in [0.15, 0.2) is 0 Å². The highest BCUT2D eigenvalue weighted by atomic mass is 14.2. The molecule has 0 aromatic rings. The Labute approximate surface area is 172 Å². The molecule has 0 N–H and O–H groups in total. The van der Waals surface area contributed by atoms with Crippen LogP contribution >= 0.6 is 0 Å². The summed E-state index contributed by atoms with van der Waals surface area (Å²) < 4.78 is 0. The van der Waals surface area contributed by atoms with Crippen molar-refractivity contribution < 1.29 is 0 Å². The normalized spacial score (nSPS) is 6.60. The van der Waals surface area contributed by atoms with Crippen molar-refractivity contribution in [1.82, 2.24) is 0 Å². The van der Waals surface area contributed by atoms with Crippen molar-refractivity contribution in [2.75, 3.05) is 0 Å². The Bertz CT molecular complexity index is 19.2. The quantitative estimate of drug-likeness (QED) is 0.396. The van der Waals surface area contributed by atoms with Gasteiger partial charge in [0, 0.05) is 0 Å². The van der Waals surface area contributed by atoms with E-state index >= 15 is 0 Å². The summed E-state index contributed by atoms with van der Waals surface area (Å²) in [5.41, 5.74) is 0. The molecule has 0 nitrogen and oxygen atoms in total. The lowest BCUT2D eigenvalue weighted by Crippen LogP contribution is -1.42. The minimum Gasteiger partial charge on any atom is -0.0776 e. The van der Waals surface area contributed by atoms with E-state index in [4.69, 9.17) is 0 Å². The molecule has 0 aromatic carbocycles. The van der Waals surface area contributed by atoms with Gasteiger partial charge in [-0.05, 0) is 5.92 Å². The van der Waals surface area contributed by atoms with E-state index < -0.39 is 0 Å². The molecule has 0 spiro atoms. The largest absolute Gasteiger partial charge is 0.0776 e. The minimum atomic E-state index is 0. The number of hydrogen-bond acceptors (Lipinski definition) is 0. The van der Waals surface area contributed by atoms with Gasteiger partial charge >= 0.3 is 0 Å². The lowest BCUT2D eigenvalue weighted by Gasteiger charge is -1.53. The molecule has 1 fully saturated rings. The third-order valence-electron chi connectivity index (χ3n) is 0.866. The van der Waals surface area contributed by atoms with E-state index in [1.165, 1.54) is 12.8 Å². The topological polar surface area (TPSA) is 0 Å². The standard InChI is InChI=1S/C4H8.10C2H6.CH4/c1-4-2-3-4;10*1-2;/h4H,2-3H2,1H3;10*1-2H3;1H4. The SMILES string of the molecule is C.CC.CC.CC.CC.CC.CC.CC.CC.CC.CC.CC1CC1. The lowest BCUT2D eigenvalue weighted by molar-refractivity contribution is 0.983. The molecule has 1 aliphatic carbocycles. The van der Waals surface area contributed by atoms with Crippen LogP contribution in [0.3, 0.4) is 0 Å². The first-order valence-electron chi connectivity index (χ1n) is 11.9. The van der Waals surface area contributed by atoms with Crippen LogP contribution in [0.2, 0.25) is 0 Å². The van der Waals surface area contributed by atoms with E-state index in [1.807, 2.05) is 138 Å². The summed E-state index contributed by atoms with van der Waals surface area (Å²) in [6.45, 7) is 42.3. The first-order chi connectivity index (χ1) is 11.9. The molecule has 0 unspecified atom stereocenters. The maximum Gasteiger partial charge on any atom is -0.0443 e. The van der Waals surface area contributed by atoms with Crippen molar-refractivity contribution in [3.63, 3.8) is 0 Å². The second-order valence-corrected chi connectivity index (χ2v) is 1.68. The Morgan fingerprint density at radius 1 is 0.320 bits per heavy atom. The van der Waals surface area contributed by atoms with Gasteiger partial charge in [-0.15, -0.1) is 0 Å². The lowest BCUT2D eigenvalue weighted by atomic mass is 10.5. The van der Waals surface area contributed by atoms with Gasteiger partial charge < -0.3 is 0 Å². The highest BCUT2D eigenvalue weighted by Gasteiger charge is 2.12. The summed E-state index contributed by atoms with van der Waals surface area (Å²) in [7, 11) is 0. The van der Waals surface area contributed by atoms with Crippen LogP contribution in [0.15, 0.2) is 0 Å². The zero-order valence-electron chi connectivity index (χ0n) is 23.0. The smallest absolute Gasteiger partial charge is 0.0443 e. The summed E-state index contributed by atoms with van der Waals surface area (Å²) in [5.74, 6) is 1.08. The van der Waals surface area contributed by atoms with E-state index in [0.717, 1.165) is 5.92 Å². The van der Waals surface area contributed by atoms with Crippen LogP contribution in [0.5, 0.6) is 0 Å². The Hall–Kier alpha value is 0.